The van der Waals surface area contributed by atoms with E-state index in [-0.39, 0.29) is 0 Å². The molecule has 1 fully saturated rings. The third kappa shape index (κ3) is 3.73. The van der Waals surface area contributed by atoms with Gasteiger partial charge in [-0.05, 0) is 5.53 Å². The van der Waals surface area contributed by atoms with Gasteiger partial charge in [0.2, 0.25) is 5.91 Å². The summed E-state index contributed by atoms with van der Waals surface area (Å²) in [5.74, 6) is -5.64. The number of hydrogen-bond acceptors (Lipinski definition) is 9. The second-order valence-electron chi connectivity index (χ2n) is 5.30. The van der Waals surface area contributed by atoms with Crippen LogP contribution in [0.4, 0.5) is 0 Å². The van der Waals surface area contributed by atoms with Crippen molar-refractivity contribution in [2.24, 2.45) is 5.11 Å². The number of carboxylic acids is 1. The van der Waals surface area contributed by atoms with Crippen molar-refractivity contribution in [3.05, 3.63) is 10.4 Å². The maximum Gasteiger partial charge on any atom is 0.364 e. The van der Waals surface area contributed by atoms with Gasteiger partial charge in [0.1, 0.15) is 12.2 Å². The Morgan fingerprint density at radius 1 is 1.58 bits per heavy atom. The average molecular weight is 350 g/mol. The van der Waals surface area contributed by atoms with Gasteiger partial charge in [-0.2, -0.15) is 0 Å². The van der Waals surface area contributed by atoms with Crippen molar-refractivity contribution in [3.8, 4) is 0 Å². The van der Waals surface area contributed by atoms with Crippen LogP contribution in [0.25, 0.3) is 10.4 Å². The summed E-state index contributed by atoms with van der Waals surface area (Å²) in [5.41, 5.74) is 5.57. The number of ether oxygens (including phenoxy) is 1. The highest BCUT2D eigenvalue weighted by atomic mass is 16.7. The van der Waals surface area contributed by atoms with Gasteiger partial charge in [-0.25, -0.2) is 4.79 Å². The molecule has 0 unspecified atom stereocenters. The third-order valence-corrected chi connectivity index (χ3v) is 3.54. The first-order valence-electron chi connectivity index (χ1n) is 6.68. The van der Waals surface area contributed by atoms with E-state index in [2.05, 4.69) is 15.3 Å². The highest BCUT2D eigenvalue weighted by Crippen LogP contribution is 2.35. The maximum atomic E-state index is 11.3. The van der Waals surface area contributed by atoms with Crippen LogP contribution in [-0.2, 0) is 14.3 Å². The summed E-state index contributed by atoms with van der Waals surface area (Å²) < 4.78 is 4.86. The number of rotatable bonds is 6. The summed E-state index contributed by atoms with van der Waals surface area (Å²) in [4.78, 5) is 24.7. The molecule has 1 amide bonds. The van der Waals surface area contributed by atoms with E-state index in [0.717, 1.165) is 6.92 Å². The fourth-order valence-electron chi connectivity index (χ4n) is 2.36. The second-order valence-corrected chi connectivity index (χ2v) is 5.30. The lowest BCUT2D eigenvalue weighted by Gasteiger charge is -2.47. The lowest BCUT2D eigenvalue weighted by atomic mass is 9.85. The summed E-state index contributed by atoms with van der Waals surface area (Å²) in [5, 5.41) is 63.2. The predicted octanol–water partition coefficient (Wildman–Crippen LogP) is -3.23. The van der Waals surface area contributed by atoms with Crippen molar-refractivity contribution in [1.29, 1.82) is 0 Å². The Kier molecular flexibility index (Phi) is 6.08. The van der Waals surface area contributed by atoms with Crippen LogP contribution in [0.3, 0.4) is 0 Å². The molecule has 1 saturated heterocycles. The number of hydrogen-bond donors (Lipinski definition) is 7. The maximum absolute atomic E-state index is 11.3. The number of aliphatic hydroxyl groups excluding tert-OH is 3. The Labute approximate surface area is 134 Å². The molecule has 0 radical (unpaired) electrons. The van der Waals surface area contributed by atoms with Gasteiger partial charge in [0, 0.05) is 18.3 Å². The van der Waals surface area contributed by atoms with Crippen LogP contribution in [0.1, 0.15) is 13.3 Å². The minimum atomic E-state index is -3.00. The van der Waals surface area contributed by atoms with Crippen LogP contribution in [0.2, 0.25) is 0 Å². The number of azide groups is 1. The van der Waals surface area contributed by atoms with Crippen molar-refractivity contribution >= 4 is 11.9 Å². The standard InChI is InChI=1S/C11H18N4O9/c1-4(17)13-7-5(18)2-10(22,9(20)21)24-8(7)11(23,14-15-12)6(19)3-16/h5-8,16,18-19,22-23H,2-3H2,1H3,(H,13,17)(H,20,21)/t5-,6+,7+,8+,10-,11+/m0/s1. The molecule has 0 aromatic carbocycles. The summed E-state index contributed by atoms with van der Waals surface area (Å²) in [7, 11) is 0. The molecule has 24 heavy (non-hydrogen) atoms. The van der Waals surface area contributed by atoms with E-state index in [1.165, 1.54) is 0 Å². The van der Waals surface area contributed by atoms with Gasteiger partial charge in [0.15, 0.2) is 5.72 Å². The van der Waals surface area contributed by atoms with Crippen LogP contribution in [0.15, 0.2) is 5.11 Å². The molecule has 136 valence electrons. The van der Waals surface area contributed by atoms with Gasteiger partial charge < -0.3 is 40.7 Å². The number of nitrogens with one attached hydrogen (secondary N) is 1. The Hall–Kier alpha value is -1.99. The van der Waals surface area contributed by atoms with E-state index in [1.54, 1.807) is 0 Å². The Morgan fingerprint density at radius 2 is 2.17 bits per heavy atom. The summed E-state index contributed by atoms with van der Waals surface area (Å²) in [6, 6.07) is -1.56. The number of carbonyl (C=O) groups excluding carboxylic acids is 1. The van der Waals surface area contributed by atoms with Crippen LogP contribution >= 0.6 is 0 Å². The van der Waals surface area contributed by atoms with Crippen LogP contribution < -0.4 is 5.32 Å². The first-order valence-corrected chi connectivity index (χ1v) is 6.68. The van der Waals surface area contributed by atoms with Gasteiger partial charge in [-0.15, -0.1) is 0 Å². The monoisotopic (exact) mass is 350 g/mol. The zero-order chi connectivity index (χ0) is 18.7. The van der Waals surface area contributed by atoms with Gasteiger partial charge in [0.25, 0.3) is 5.79 Å². The number of carboxylic acid groups (broad SMARTS) is 1. The zero-order valence-corrected chi connectivity index (χ0v) is 12.5. The minimum Gasteiger partial charge on any atom is -0.477 e. The van der Waals surface area contributed by atoms with E-state index in [0.29, 0.717) is 0 Å². The number of nitrogens with zero attached hydrogens (tertiary/aromatic N) is 3. The molecule has 0 bridgehead atoms. The van der Waals surface area contributed by atoms with E-state index < -0.39 is 60.8 Å². The Morgan fingerprint density at radius 3 is 2.58 bits per heavy atom. The molecule has 7 N–H and O–H groups in total. The van der Waals surface area contributed by atoms with E-state index in [4.69, 9.17) is 20.5 Å². The Bertz CT molecular complexity index is 554. The summed E-state index contributed by atoms with van der Waals surface area (Å²) in [6.45, 7) is -0.0966. The molecular formula is C11H18N4O9. The molecule has 0 aromatic rings. The molecule has 1 heterocycles. The van der Waals surface area contributed by atoms with Crippen LogP contribution in [0, 0.1) is 0 Å². The van der Waals surface area contributed by atoms with Crippen molar-refractivity contribution in [3.63, 3.8) is 0 Å². The molecular weight excluding hydrogens is 332 g/mol. The molecule has 6 atom stereocenters. The summed E-state index contributed by atoms with van der Waals surface area (Å²) in [6.07, 6.45) is -6.90. The average Bonchev–Trinajstić information content (AvgIpc) is 2.48. The van der Waals surface area contributed by atoms with Crippen molar-refractivity contribution in [2.45, 2.75) is 49.2 Å². The highest BCUT2D eigenvalue weighted by Gasteiger charge is 2.59. The van der Waals surface area contributed by atoms with Crippen molar-refractivity contribution in [1.82, 2.24) is 5.32 Å². The molecule has 13 nitrogen and oxygen atoms in total. The second kappa shape index (κ2) is 7.27. The normalized spacial score (nSPS) is 33.7. The minimum absolute atomic E-state index is 0.727. The Balaban J connectivity index is 3.42. The third-order valence-electron chi connectivity index (χ3n) is 3.54. The lowest BCUT2D eigenvalue weighted by molar-refractivity contribution is -0.313. The topological polar surface area (TPSA) is 226 Å². The highest BCUT2D eigenvalue weighted by molar-refractivity contribution is 5.76. The molecule has 13 heteroatoms. The SMILES string of the molecule is CC(=O)N[C@H]1[C@H]([C@@](O)(N=[N+]=[N-])[C@H](O)CO)O[C@](O)(C(=O)O)C[C@@H]1O. The van der Waals surface area contributed by atoms with Gasteiger partial charge in [-0.3, -0.25) is 4.79 Å². The summed E-state index contributed by atoms with van der Waals surface area (Å²) >= 11 is 0. The molecule has 0 aromatic heterocycles. The van der Waals surface area contributed by atoms with Crippen molar-refractivity contribution < 1.29 is 45.0 Å². The molecule has 1 rings (SSSR count). The fraction of sp³-hybridized carbons (Fsp3) is 0.818. The van der Waals surface area contributed by atoms with E-state index >= 15 is 0 Å². The molecule has 1 aliphatic rings. The van der Waals surface area contributed by atoms with E-state index in [9.17, 15) is 30.0 Å². The van der Waals surface area contributed by atoms with Crippen LogP contribution in [0.5, 0.6) is 0 Å². The molecule has 1 aliphatic heterocycles. The van der Waals surface area contributed by atoms with E-state index in [1.807, 2.05) is 0 Å². The number of aliphatic carboxylic acids is 1. The molecule has 0 spiro atoms. The fourth-order valence-corrected chi connectivity index (χ4v) is 2.36. The molecule has 0 aliphatic carbocycles. The number of aliphatic hydroxyl groups is 5. The number of amides is 1. The van der Waals surface area contributed by atoms with Crippen molar-refractivity contribution in [2.75, 3.05) is 6.61 Å². The van der Waals surface area contributed by atoms with Crippen LogP contribution in [-0.4, -0.2) is 85.0 Å². The van der Waals surface area contributed by atoms with Gasteiger partial charge in [-0.1, -0.05) is 5.11 Å². The van der Waals surface area contributed by atoms with Gasteiger partial charge in [0.05, 0.1) is 18.8 Å². The van der Waals surface area contributed by atoms with Gasteiger partial charge >= 0.3 is 5.97 Å². The smallest absolute Gasteiger partial charge is 0.364 e. The first-order chi connectivity index (χ1) is 11.0. The predicted molar refractivity (Wildman–Crippen MR) is 72.9 cm³/mol. The zero-order valence-electron chi connectivity index (χ0n) is 12.5. The lowest BCUT2D eigenvalue weighted by Crippen LogP contribution is -2.71. The molecule has 0 saturated carbocycles. The largest absolute Gasteiger partial charge is 0.477 e. The quantitative estimate of drug-likeness (QED) is 0.145. The first kappa shape index (κ1) is 20.1. The number of carbonyl (C=O) groups is 2.